The Morgan fingerprint density at radius 3 is 2.71 bits per heavy atom. The molecule has 2 heteroatoms. The van der Waals surface area contributed by atoms with Gasteiger partial charge in [0, 0.05) is 6.54 Å². The van der Waals surface area contributed by atoms with Gasteiger partial charge in [-0.05, 0) is 31.3 Å². The highest BCUT2D eigenvalue weighted by Crippen LogP contribution is 2.22. The molecule has 0 heterocycles. The smallest absolute Gasteiger partial charge is 0.243 e. The quantitative estimate of drug-likeness (QED) is 0.686. The van der Waals surface area contributed by atoms with Crippen LogP contribution in [0.4, 0.5) is 0 Å². The first-order chi connectivity index (χ1) is 6.83. The standard InChI is InChI=1S/C12H21NO/c1-2-3-9-12(14)13-10-11-7-5-4-6-8-11/h3,9,11H,2,4-8,10H2,1H3,(H,13,14)/b9-3-. The molecular formula is C12H21NO. The second kappa shape index (κ2) is 6.63. The predicted molar refractivity (Wildman–Crippen MR) is 59.0 cm³/mol. The van der Waals surface area contributed by atoms with Gasteiger partial charge in [0.25, 0.3) is 0 Å². The second-order valence-corrected chi connectivity index (χ2v) is 4.06. The SMILES string of the molecule is CC/C=C\C(=O)NCC1CCCCC1. The Kier molecular flexibility index (Phi) is 5.35. The first kappa shape index (κ1) is 11.3. The first-order valence-electron chi connectivity index (χ1n) is 5.77. The van der Waals surface area contributed by atoms with Gasteiger partial charge in [0.05, 0.1) is 0 Å². The largest absolute Gasteiger partial charge is 0.352 e. The summed E-state index contributed by atoms with van der Waals surface area (Å²) in [5, 5.41) is 2.96. The summed E-state index contributed by atoms with van der Waals surface area (Å²) in [5.74, 6) is 0.792. The van der Waals surface area contributed by atoms with Gasteiger partial charge >= 0.3 is 0 Å². The fraction of sp³-hybridized carbons (Fsp3) is 0.750. The normalized spacial score (nSPS) is 18.6. The highest BCUT2D eigenvalue weighted by atomic mass is 16.1. The summed E-state index contributed by atoms with van der Waals surface area (Å²) < 4.78 is 0. The second-order valence-electron chi connectivity index (χ2n) is 4.06. The Labute approximate surface area is 86.8 Å². The molecule has 0 aromatic rings. The summed E-state index contributed by atoms with van der Waals surface area (Å²) in [4.78, 5) is 11.2. The van der Waals surface area contributed by atoms with Gasteiger partial charge in [-0.1, -0.05) is 32.3 Å². The van der Waals surface area contributed by atoms with Crippen LogP contribution < -0.4 is 5.32 Å². The van der Waals surface area contributed by atoms with E-state index in [4.69, 9.17) is 0 Å². The Bertz CT molecular complexity index is 192. The number of carbonyl (C=O) groups excluding carboxylic acids is 1. The molecule has 0 aromatic carbocycles. The van der Waals surface area contributed by atoms with Crippen LogP contribution in [0.5, 0.6) is 0 Å². The molecule has 0 saturated heterocycles. The number of carbonyl (C=O) groups is 1. The Balaban J connectivity index is 2.12. The minimum atomic E-state index is 0.0671. The fourth-order valence-electron chi connectivity index (χ4n) is 1.92. The van der Waals surface area contributed by atoms with Gasteiger partial charge in [0.1, 0.15) is 0 Å². The van der Waals surface area contributed by atoms with Gasteiger partial charge in [-0.3, -0.25) is 4.79 Å². The molecule has 14 heavy (non-hydrogen) atoms. The van der Waals surface area contributed by atoms with Crippen LogP contribution >= 0.6 is 0 Å². The summed E-state index contributed by atoms with van der Waals surface area (Å²) in [6.45, 7) is 2.90. The van der Waals surface area contributed by atoms with Gasteiger partial charge in [0.2, 0.25) is 5.91 Å². The van der Waals surface area contributed by atoms with E-state index in [1.54, 1.807) is 6.08 Å². The molecule has 1 fully saturated rings. The van der Waals surface area contributed by atoms with E-state index in [1.807, 2.05) is 13.0 Å². The fourth-order valence-corrected chi connectivity index (χ4v) is 1.92. The highest BCUT2D eigenvalue weighted by molar-refractivity contribution is 5.87. The van der Waals surface area contributed by atoms with Crippen molar-refractivity contribution in [1.82, 2.24) is 5.32 Å². The first-order valence-corrected chi connectivity index (χ1v) is 5.77. The molecule has 0 aliphatic heterocycles. The molecule has 0 aromatic heterocycles. The van der Waals surface area contributed by atoms with Crippen molar-refractivity contribution in [2.24, 2.45) is 5.92 Å². The lowest BCUT2D eigenvalue weighted by molar-refractivity contribution is -0.116. The summed E-state index contributed by atoms with van der Waals surface area (Å²) in [6, 6.07) is 0. The molecule has 0 unspecified atom stereocenters. The van der Waals surface area contributed by atoms with Gasteiger partial charge < -0.3 is 5.32 Å². The van der Waals surface area contributed by atoms with Crippen molar-refractivity contribution in [1.29, 1.82) is 0 Å². The van der Waals surface area contributed by atoms with Crippen LogP contribution in [0.25, 0.3) is 0 Å². The van der Waals surface area contributed by atoms with E-state index < -0.39 is 0 Å². The van der Waals surface area contributed by atoms with Gasteiger partial charge in [-0.2, -0.15) is 0 Å². The zero-order valence-electron chi connectivity index (χ0n) is 9.09. The molecule has 1 aliphatic carbocycles. The predicted octanol–water partition coefficient (Wildman–Crippen LogP) is 2.65. The van der Waals surface area contributed by atoms with Crippen LogP contribution in [0.2, 0.25) is 0 Å². The maximum atomic E-state index is 11.2. The molecule has 0 radical (unpaired) electrons. The van der Waals surface area contributed by atoms with Crippen molar-refractivity contribution in [3.05, 3.63) is 12.2 Å². The zero-order valence-corrected chi connectivity index (χ0v) is 9.09. The van der Waals surface area contributed by atoms with Crippen LogP contribution in [-0.2, 0) is 4.79 Å². The number of nitrogens with one attached hydrogen (secondary N) is 1. The Morgan fingerprint density at radius 1 is 1.36 bits per heavy atom. The third-order valence-electron chi connectivity index (χ3n) is 2.79. The molecule has 1 aliphatic rings. The lowest BCUT2D eigenvalue weighted by Crippen LogP contribution is -2.28. The maximum absolute atomic E-state index is 11.2. The van der Waals surface area contributed by atoms with E-state index in [9.17, 15) is 4.79 Å². The molecule has 0 atom stereocenters. The molecule has 1 N–H and O–H groups in total. The van der Waals surface area contributed by atoms with Crippen molar-refractivity contribution in [3.63, 3.8) is 0 Å². The monoisotopic (exact) mass is 195 g/mol. The van der Waals surface area contributed by atoms with Crippen molar-refractivity contribution in [2.75, 3.05) is 6.54 Å². The average molecular weight is 195 g/mol. The summed E-state index contributed by atoms with van der Waals surface area (Å²) in [5.41, 5.74) is 0. The van der Waals surface area contributed by atoms with E-state index in [1.165, 1.54) is 32.1 Å². The average Bonchev–Trinajstić information content (AvgIpc) is 2.25. The molecule has 80 valence electrons. The van der Waals surface area contributed by atoms with Crippen LogP contribution in [0.3, 0.4) is 0 Å². The van der Waals surface area contributed by atoms with Crippen LogP contribution in [-0.4, -0.2) is 12.5 Å². The topological polar surface area (TPSA) is 29.1 Å². The summed E-state index contributed by atoms with van der Waals surface area (Å²) in [7, 11) is 0. The number of rotatable bonds is 4. The molecule has 1 saturated carbocycles. The van der Waals surface area contributed by atoms with Crippen molar-refractivity contribution in [2.45, 2.75) is 45.4 Å². The van der Waals surface area contributed by atoms with Gasteiger partial charge in [-0.25, -0.2) is 0 Å². The van der Waals surface area contributed by atoms with Gasteiger partial charge in [-0.15, -0.1) is 0 Å². The lowest BCUT2D eigenvalue weighted by atomic mass is 9.89. The molecule has 0 spiro atoms. The molecular weight excluding hydrogens is 174 g/mol. The minimum absolute atomic E-state index is 0.0671. The van der Waals surface area contributed by atoms with Crippen molar-refractivity contribution in [3.8, 4) is 0 Å². The van der Waals surface area contributed by atoms with Crippen LogP contribution in [0.15, 0.2) is 12.2 Å². The number of allylic oxidation sites excluding steroid dienone is 1. The van der Waals surface area contributed by atoms with E-state index >= 15 is 0 Å². The van der Waals surface area contributed by atoms with E-state index in [-0.39, 0.29) is 5.91 Å². The van der Waals surface area contributed by atoms with E-state index in [2.05, 4.69) is 5.32 Å². The van der Waals surface area contributed by atoms with Gasteiger partial charge in [0.15, 0.2) is 0 Å². The molecule has 0 bridgehead atoms. The number of hydrogen-bond acceptors (Lipinski definition) is 1. The maximum Gasteiger partial charge on any atom is 0.243 e. The Hall–Kier alpha value is -0.790. The number of hydrogen-bond donors (Lipinski definition) is 1. The highest BCUT2D eigenvalue weighted by Gasteiger charge is 2.13. The molecule has 2 nitrogen and oxygen atoms in total. The van der Waals surface area contributed by atoms with E-state index in [0.717, 1.165) is 18.9 Å². The minimum Gasteiger partial charge on any atom is -0.352 e. The molecule has 1 amide bonds. The zero-order chi connectivity index (χ0) is 10.2. The number of amides is 1. The van der Waals surface area contributed by atoms with E-state index in [0.29, 0.717) is 0 Å². The van der Waals surface area contributed by atoms with Crippen molar-refractivity contribution < 1.29 is 4.79 Å². The lowest BCUT2D eigenvalue weighted by Gasteiger charge is -2.21. The third-order valence-corrected chi connectivity index (χ3v) is 2.79. The molecule has 1 rings (SSSR count). The third kappa shape index (κ3) is 4.45. The summed E-state index contributed by atoms with van der Waals surface area (Å²) >= 11 is 0. The Morgan fingerprint density at radius 2 is 2.07 bits per heavy atom. The van der Waals surface area contributed by atoms with Crippen LogP contribution in [0.1, 0.15) is 45.4 Å². The van der Waals surface area contributed by atoms with Crippen LogP contribution in [0, 0.1) is 5.92 Å². The van der Waals surface area contributed by atoms with Crippen molar-refractivity contribution >= 4 is 5.91 Å². The summed E-state index contributed by atoms with van der Waals surface area (Å²) in [6.07, 6.45) is 11.1.